The fourth-order valence-corrected chi connectivity index (χ4v) is 6.58. The van der Waals surface area contributed by atoms with Crippen molar-refractivity contribution in [2.45, 2.75) is 211 Å². The predicted octanol–water partition coefficient (Wildman–Crippen LogP) is 12.5. The van der Waals surface area contributed by atoms with E-state index in [-0.39, 0.29) is 13.2 Å². The van der Waals surface area contributed by atoms with Crippen LogP contribution in [0.15, 0.2) is 48.6 Å². The van der Waals surface area contributed by atoms with Gasteiger partial charge in [0.15, 0.2) is 0 Å². The molecule has 1 fully saturated rings. The lowest BCUT2D eigenvalue weighted by molar-refractivity contribution is -0.366. The third-order valence-electron chi connectivity index (χ3n) is 9.68. The van der Waals surface area contributed by atoms with E-state index in [2.05, 4.69) is 67.4 Å². The Balaban J connectivity index is 2.34. The molecule has 0 radical (unpaired) electrons. The van der Waals surface area contributed by atoms with Gasteiger partial charge < -0.3 is 19.7 Å². The number of rotatable bonds is 35. The summed E-state index contributed by atoms with van der Waals surface area (Å²) >= 11 is 0. The monoisotopic (exact) mass is 693 g/mol. The largest absolute Gasteiger partial charge is 0.394 e. The van der Waals surface area contributed by atoms with Gasteiger partial charge in [-0.15, -0.1) is 0 Å². The van der Waals surface area contributed by atoms with Crippen LogP contribution in [0.5, 0.6) is 0 Å². The Kier molecular flexibility index (Phi) is 31.5. The number of unbranched alkanes of at least 4 members (excludes halogenated alkanes) is 18. The Bertz CT molecular complexity index is 777. The van der Waals surface area contributed by atoms with Crippen LogP contribution in [0.1, 0.15) is 187 Å². The molecule has 0 amide bonds. The minimum Gasteiger partial charge on any atom is -0.394 e. The molecule has 0 saturated carbocycles. The van der Waals surface area contributed by atoms with Crippen molar-refractivity contribution in [2.75, 3.05) is 13.2 Å². The number of aliphatic hydroxyl groups is 2. The van der Waals surface area contributed by atoms with Crippen LogP contribution < -0.4 is 0 Å². The fraction of sp³-hybridized carbons (Fsp3) is 0.814. The Hall–Kier alpha value is -1.31. The summed E-state index contributed by atoms with van der Waals surface area (Å²) in [6.45, 7) is 4.12. The molecule has 0 bridgehead atoms. The Labute approximate surface area is 301 Å². The molecule has 0 aliphatic carbocycles. The maximum Gasteiger partial charge on any atom is 0.207 e. The molecule has 49 heavy (non-hydrogen) atoms. The number of allylic oxidation sites excluding steroid dienone is 8. The highest BCUT2D eigenvalue weighted by Gasteiger charge is 2.43. The summed E-state index contributed by atoms with van der Waals surface area (Å²) in [6, 6.07) is 0. The Morgan fingerprint density at radius 1 is 0.571 bits per heavy atom. The summed E-state index contributed by atoms with van der Waals surface area (Å²) in [5.74, 6) is -1.32. The van der Waals surface area contributed by atoms with E-state index in [1.54, 1.807) is 0 Å². The summed E-state index contributed by atoms with van der Waals surface area (Å²) < 4.78 is 26.4. The number of hydrogen-bond donors (Lipinski definition) is 2. The van der Waals surface area contributed by atoms with Gasteiger partial charge in [-0.25, -0.2) is 0 Å². The first-order valence-corrected chi connectivity index (χ1v) is 20.6. The smallest absolute Gasteiger partial charge is 0.207 e. The van der Waals surface area contributed by atoms with Gasteiger partial charge in [-0.1, -0.05) is 140 Å². The van der Waals surface area contributed by atoms with Crippen LogP contribution >= 0.6 is 0 Å². The van der Waals surface area contributed by atoms with Crippen molar-refractivity contribution >= 4 is 0 Å². The van der Waals surface area contributed by atoms with E-state index in [1.807, 2.05) is 0 Å². The summed E-state index contributed by atoms with van der Waals surface area (Å²) in [6.07, 6.45) is 46.0. The molecule has 0 aromatic heterocycles. The highest BCUT2D eigenvalue weighted by atomic mass is 19.3. The van der Waals surface area contributed by atoms with E-state index >= 15 is 0 Å². The molecular formula is C43H77FO5. The predicted molar refractivity (Wildman–Crippen MR) is 205 cm³/mol. The van der Waals surface area contributed by atoms with Crippen LogP contribution in [-0.2, 0) is 14.4 Å². The van der Waals surface area contributed by atoms with Gasteiger partial charge in [0.1, 0.15) is 6.10 Å². The van der Waals surface area contributed by atoms with Gasteiger partial charge in [-0.05, 0) is 81.6 Å². The van der Waals surface area contributed by atoms with Crippen LogP contribution in [0.4, 0.5) is 4.53 Å². The molecular weight excluding hydrogens is 615 g/mol. The van der Waals surface area contributed by atoms with Crippen molar-refractivity contribution < 1.29 is 29.2 Å². The average Bonchev–Trinajstić information content (AvgIpc) is 3.52. The summed E-state index contributed by atoms with van der Waals surface area (Å²) in [5, 5.41) is 19.4. The second-order valence-corrected chi connectivity index (χ2v) is 14.2. The van der Waals surface area contributed by atoms with E-state index in [9.17, 15) is 14.7 Å². The third-order valence-corrected chi connectivity index (χ3v) is 9.68. The summed E-state index contributed by atoms with van der Waals surface area (Å²) in [7, 11) is 0. The van der Waals surface area contributed by atoms with Crippen molar-refractivity contribution in [2.24, 2.45) is 0 Å². The van der Waals surface area contributed by atoms with Crippen LogP contribution in [0.2, 0.25) is 0 Å². The molecule has 0 aromatic carbocycles. The molecule has 1 aliphatic heterocycles. The number of aliphatic hydroxyl groups excluding tert-OH is 2. The van der Waals surface area contributed by atoms with Crippen molar-refractivity contribution in [1.29, 1.82) is 0 Å². The molecule has 3 unspecified atom stereocenters. The first-order chi connectivity index (χ1) is 24.1. The molecule has 1 heterocycles. The molecule has 286 valence electrons. The zero-order chi connectivity index (χ0) is 35.5. The Morgan fingerprint density at radius 2 is 0.980 bits per heavy atom. The van der Waals surface area contributed by atoms with Crippen LogP contribution in [-0.4, -0.2) is 47.5 Å². The minimum atomic E-state index is -1.32. The lowest BCUT2D eigenvalue weighted by Crippen LogP contribution is -2.41. The van der Waals surface area contributed by atoms with Crippen LogP contribution in [0.3, 0.4) is 0 Å². The molecule has 0 aromatic rings. The maximum absolute atomic E-state index is 14.4. The molecule has 2 N–H and O–H groups in total. The lowest BCUT2D eigenvalue weighted by Gasteiger charge is -2.33. The molecule has 6 heteroatoms. The lowest BCUT2D eigenvalue weighted by atomic mass is 9.98. The van der Waals surface area contributed by atoms with Crippen molar-refractivity contribution in [3.05, 3.63) is 48.6 Å². The molecule has 0 spiro atoms. The quantitative estimate of drug-likeness (QED) is 0.0393. The summed E-state index contributed by atoms with van der Waals surface area (Å²) in [4.78, 5) is 4.66. The molecule has 1 aliphatic rings. The van der Waals surface area contributed by atoms with Crippen LogP contribution in [0, 0.1) is 0 Å². The normalized spacial score (nSPS) is 18.8. The van der Waals surface area contributed by atoms with Gasteiger partial charge in [-0.3, -0.25) is 0 Å². The van der Waals surface area contributed by atoms with Crippen molar-refractivity contribution in [1.82, 2.24) is 0 Å². The van der Waals surface area contributed by atoms with Crippen LogP contribution in [0.25, 0.3) is 0 Å². The first kappa shape index (κ1) is 45.7. The second kappa shape index (κ2) is 33.8. The van der Waals surface area contributed by atoms with Gasteiger partial charge in [0.2, 0.25) is 5.79 Å². The topological polar surface area (TPSA) is 68.2 Å². The maximum atomic E-state index is 14.4. The molecule has 1 rings (SSSR count). The van der Waals surface area contributed by atoms with E-state index in [0.717, 1.165) is 64.2 Å². The van der Waals surface area contributed by atoms with Gasteiger partial charge in [0.05, 0.1) is 25.4 Å². The standard InChI is InChI=1S/C43H77FO5/c1-3-5-7-9-11-13-15-17-19-21-23-25-27-29-31-33-35-43(49-44,48-41-37-40(38-45)47-42(41)39-46)36-34-32-30-28-26-24-22-20-18-16-14-12-10-8-6-4-2/h11-14,17-20,40-42,45-46H,3-10,15-16,21-39H2,1-2H3/b13-11-,14-12-,19-17-,20-18-. The number of halogens is 1. The first-order valence-electron chi connectivity index (χ1n) is 20.6. The zero-order valence-corrected chi connectivity index (χ0v) is 31.9. The Morgan fingerprint density at radius 3 is 1.37 bits per heavy atom. The van der Waals surface area contributed by atoms with Crippen molar-refractivity contribution in [3.63, 3.8) is 0 Å². The number of hydrogen-bond acceptors (Lipinski definition) is 5. The SMILES string of the molecule is CCCCC/C=C\C/C=C\CCCCCCCCC(CCCCCCCC/C=C\C/C=C\CCCCC)(OF)OC1CC(CO)OC1CO. The van der Waals surface area contributed by atoms with E-state index < -0.39 is 24.1 Å². The minimum absolute atomic E-state index is 0.141. The van der Waals surface area contributed by atoms with E-state index in [1.165, 1.54) is 89.9 Å². The highest BCUT2D eigenvalue weighted by molar-refractivity contribution is 4.93. The number of ether oxygens (including phenoxy) is 2. The van der Waals surface area contributed by atoms with Crippen molar-refractivity contribution in [3.8, 4) is 0 Å². The van der Waals surface area contributed by atoms with Gasteiger partial charge >= 0.3 is 0 Å². The van der Waals surface area contributed by atoms with Gasteiger partial charge in [0.25, 0.3) is 0 Å². The zero-order valence-electron chi connectivity index (χ0n) is 31.9. The molecule has 3 atom stereocenters. The average molecular weight is 693 g/mol. The van der Waals surface area contributed by atoms with E-state index in [4.69, 9.17) is 9.47 Å². The highest BCUT2D eigenvalue weighted by Crippen LogP contribution is 2.35. The second-order valence-electron chi connectivity index (χ2n) is 14.2. The molecule has 1 saturated heterocycles. The molecule has 5 nitrogen and oxygen atoms in total. The van der Waals surface area contributed by atoms with Gasteiger partial charge in [-0.2, -0.15) is 4.94 Å². The fourth-order valence-electron chi connectivity index (χ4n) is 6.58. The summed E-state index contributed by atoms with van der Waals surface area (Å²) in [5.41, 5.74) is 0. The third kappa shape index (κ3) is 25.3. The van der Waals surface area contributed by atoms with E-state index in [0.29, 0.717) is 19.3 Å². The van der Waals surface area contributed by atoms with Gasteiger partial charge in [0, 0.05) is 19.3 Å².